The Balaban J connectivity index is 2.21. The van der Waals surface area contributed by atoms with Crippen molar-refractivity contribution in [1.82, 2.24) is 14.8 Å². The molecule has 94 valence electrons. The smallest absolute Gasteiger partial charge is 0.279 e. The van der Waals surface area contributed by atoms with Gasteiger partial charge in [0.05, 0.1) is 5.69 Å². The summed E-state index contributed by atoms with van der Waals surface area (Å²) >= 11 is 0. The number of nitrogens with zero attached hydrogens (tertiary/aromatic N) is 3. The summed E-state index contributed by atoms with van der Waals surface area (Å²) < 4.78 is 1.58. The van der Waals surface area contributed by atoms with Gasteiger partial charge in [0.1, 0.15) is 11.6 Å². The lowest BCUT2D eigenvalue weighted by atomic mass is 10.3. The number of anilines is 1. The highest BCUT2D eigenvalue weighted by Gasteiger charge is 2.14. The van der Waals surface area contributed by atoms with E-state index in [9.17, 15) is 9.90 Å². The molecule has 2 N–H and O–H groups in total. The summed E-state index contributed by atoms with van der Waals surface area (Å²) in [6.07, 6.45) is 2.24. The van der Waals surface area contributed by atoms with Gasteiger partial charge in [-0.1, -0.05) is 6.92 Å². The van der Waals surface area contributed by atoms with Crippen molar-refractivity contribution < 1.29 is 9.90 Å². The lowest BCUT2D eigenvalue weighted by Crippen LogP contribution is -2.16. The normalized spacial score (nSPS) is 10.3. The fourth-order valence-electron chi connectivity index (χ4n) is 1.56. The van der Waals surface area contributed by atoms with Gasteiger partial charge in [-0.15, -0.1) is 0 Å². The average molecular weight is 246 g/mol. The molecule has 0 aliphatic heterocycles. The first-order valence-corrected chi connectivity index (χ1v) is 5.60. The van der Waals surface area contributed by atoms with E-state index >= 15 is 0 Å². The second-order valence-electron chi connectivity index (χ2n) is 3.82. The van der Waals surface area contributed by atoms with Gasteiger partial charge in [-0.2, -0.15) is 5.10 Å². The maximum absolute atomic E-state index is 11.9. The summed E-state index contributed by atoms with van der Waals surface area (Å²) in [7, 11) is 1.74. The topological polar surface area (TPSA) is 80.0 Å². The van der Waals surface area contributed by atoms with Crippen molar-refractivity contribution in [2.75, 3.05) is 5.32 Å². The van der Waals surface area contributed by atoms with Crippen LogP contribution < -0.4 is 5.32 Å². The molecule has 2 rings (SSSR count). The van der Waals surface area contributed by atoms with Crippen LogP contribution in [0.3, 0.4) is 0 Å². The van der Waals surface area contributed by atoms with Crippen molar-refractivity contribution in [3.05, 3.63) is 35.8 Å². The van der Waals surface area contributed by atoms with Gasteiger partial charge >= 0.3 is 0 Å². The summed E-state index contributed by atoms with van der Waals surface area (Å²) in [5.41, 5.74) is 0.884. The molecule has 0 atom stereocenters. The maximum Gasteiger partial charge on any atom is 0.279 e. The summed E-state index contributed by atoms with van der Waals surface area (Å²) in [6.45, 7) is 1.98. The van der Waals surface area contributed by atoms with E-state index in [0.717, 1.165) is 12.1 Å². The molecule has 1 amide bonds. The van der Waals surface area contributed by atoms with Crippen LogP contribution in [0.2, 0.25) is 0 Å². The Morgan fingerprint density at radius 2 is 2.33 bits per heavy atom. The molecule has 6 nitrogen and oxygen atoms in total. The Morgan fingerprint density at radius 3 is 2.94 bits per heavy atom. The fraction of sp³-hybridized carbons (Fsp3) is 0.250. The third kappa shape index (κ3) is 2.32. The maximum atomic E-state index is 11.9. The summed E-state index contributed by atoms with van der Waals surface area (Å²) in [5.74, 6) is -0.0338. The lowest BCUT2D eigenvalue weighted by Gasteiger charge is -2.05. The van der Waals surface area contributed by atoms with Crippen molar-refractivity contribution in [3.63, 3.8) is 0 Å². The number of nitrogens with one attached hydrogen (secondary N) is 1. The Hall–Kier alpha value is -2.37. The number of pyridine rings is 1. The van der Waals surface area contributed by atoms with Gasteiger partial charge in [0.25, 0.3) is 5.91 Å². The van der Waals surface area contributed by atoms with E-state index < -0.39 is 5.91 Å². The summed E-state index contributed by atoms with van der Waals surface area (Å²) in [5, 5.41) is 16.4. The monoisotopic (exact) mass is 246 g/mol. The molecule has 0 aromatic carbocycles. The standard InChI is InChI=1S/C12H14N4O2/c1-3-8-7-10(16(2)15-8)14-12(18)11-9(17)5-4-6-13-11/h4-7,17H,3H2,1-2H3,(H,14,18). The first-order valence-electron chi connectivity index (χ1n) is 5.60. The zero-order valence-corrected chi connectivity index (χ0v) is 10.2. The van der Waals surface area contributed by atoms with Crippen LogP contribution >= 0.6 is 0 Å². The van der Waals surface area contributed by atoms with Crippen LogP contribution in [-0.4, -0.2) is 25.8 Å². The van der Waals surface area contributed by atoms with Crippen LogP contribution in [0.1, 0.15) is 23.1 Å². The van der Waals surface area contributed by atoms with Crippen molar-refractivity contribution >= 4 is 11.7 Å². The number of hydrogen-bond acceptors (Lipinski definition) is 4. The van der Waals surface area contributed by atoms with Gasteiger partial charge in [-0.05, 0) is 18.6 Å². The van der Waals surface area contributed by atoms with E-state index in [-0.39, 0.29) is 11.4 Å². The number of aromatic nitrogens is 3. The number of carbonyl (C=O) groups is 1. The quantitative estimate of drug-likeness (QED) is 0.856. The highest BCUT2D eigenvalue weighted by molar-refractivity contribution is 6.04. The van der Waals surface area contributed by atoms with Crippen LogP contribution in [0.5, 0.6) is 5.75 Å². The van der Waals surface area contributed by atoms with E-state index in [0.29, 0.717) is 5.82 Å². The predicted molar refractivity (Wildman–Crippen MR) is 66.4 cm³/mol. The van der Waals surface area contributed by atoms with Crippen LogP contribution in [0, 0.1) is 0 Å². The number of amides is 1. The number of rotatable bonds is 3. The van der Waals surface area contributed by atoms with Crippen molar-refractivity contribution in [2.45, 2.75) is 13.3 Å². The van der Waals surface area contributed by atoms with E-state index in [4.69, 9.17) is 0 Å². The molecule has 0 unspecified atom stereocenters. The van der Waals surface area contributed by atoms with Crippen molar-refractivity contribution in [3.8, 4) is 5.75 Å². The van der Waals surface area contributed by atoms with Gasteiger partial charge in [0.2, 0.25) is 0 Å². The van der Waals surface area contributed by atoms with E-state index in [2.05, 4.69) is 15.4 Å². The molecule has 0 saturated carbocycles. The largest absolute Gasteiger partial charge is 0.505 e. The Labute approximate surface area is 104 Å². The molecule has 0 radical (unpaired) electrons. The molecular weight excluding hydrogens is 232 g/mol. The Morgan fingerprint density at radius 1 is 1.56 bits per heavy atom. The van der Waals surface area contributed by atoms with E-state index in [1.807, 2.05) is 6.92 Å². The molecule has 2 aromatic rings. The third-order valence-electron chi connectivity index (χ3n) is 2.54. The Kier molecular flexibility index (Phi) is 3.27. The zero-order valence-electron chi connectivity index (χ0n) is 10.2. The van der Waals surface area contributed by atoms with Crippen molar-refractivity contribution in [1.29, 1.82) is 0 Å². The molecule has 2 aromatic heterocycles. The van der Waals surface area contributed by atoms with Crippen LogP contribution in [0.4, 0.5) is 5.82 Å². The second-order valence-corrected chi connectivity index (χ2v) is 3.82. The van der Waals surface area contributed by atoms with Gasteiger partial charge in [-0.25, -0.2) is 4.98 Å². The molecule has 2 heterocycles. The number of hydrogen-bond donors (Lipinski definition) is 2. The minimum Gasteiger partial charge on any atom is -0.505 e. The number of aryl methyl sites for hydroxylation is 2. The molecule has 6 heteroatoms. The van der Waals surface area contributed by atoms with Gasteiger partial charge in [-0.3, -0.25) is 9.48 Å². The molecule has 0 spiro atoms. The van der Waals surface area contributed by atoms with Crippen LogP contribution in [0.15, 0.2) is 24.4 Å². The fourth-order valence-corrected chi connectivity index (χ4v) is 1.56. The third-order valence-corrected chi connectivity index (χ3v) is 2.54. The van der Waals surface area contributed by atoms with E-state index in [1.165, 1.54) is 12.3 Å². The number of carbonyl (C=O) groups excluding carboxylic acids is 1. The first-order chi connectivity index (χ1) is 8.61. The van der Waals surface area contributed by atoms with Crippen LogP contribution in [-0.2, 0) is 13.5 Å². The van der Waals surface area contributed by atoms with Crippen LogP contribution in [0.25, 0.3) is 0 Å². The van der Waals surface area contributed by atoms with Gasteiger partial charge in [0.15, 0.2) is 5.69 Å². The number of aromatic hydroxyl groups is 1. The zero-order chi connectivity index (χ0) is 13.1. The highest BCUT2D eigenvalue weighted by Crippen LogP contribution is 2.16. The first kappa shape index (κ1) is 12.1. The van der Waals surface area contributed by atoms with Gasteiger partial charge in [0, 0.05) is 19.3 Å². The van der Waals surface area contributed by atoms with E-state index in [1.54, 1.807) is 23.9 Å². The SMILES string of the molecule is CCc1cc(NC(=O)c2ncccc2O)n(C)n1. The summed E-state index contributed by atoms with van der Waals surface area (Å²) in [6, 6.07) is 4.77. The second kappa shape index (κ2) is 4.87. The minimum absolute atomic E-state index is 0.00301. The molecule has 0 fully saturated rings. The molecule has 0 saturated heterocycles. The Bertz CT molecular complexity index is 577. The highest BCUT2D eigenvalue weighted by atomic mass is 16.3. The summed E-state index contributed by atoms with van der Waals surface area (Å²) in [4.78, 5) is 15.7. The lowest BCUT2D eigenvalue weighted by molar-refractivity contribution is 0.101. The average Bonchev–Trinajstić information content (AvgIpc) is 2.70. The molecule has 0 bridgehead atoms. The molecule has 0 aliphatic carbocycles. The molecule has 18 heavy (non-hydrogen) atoms. The van der Waals surface area contributed by atoms with Gasteiger partial charge < -0.3 is 10.4 Å². The molecular formula is C12H14N4O2. The molecule has 0 aliphatic rings. The van der Waals surface area contributed by atoms with Crippen molar-refractivity contribution in [2.24, 2.45) is 7.05 Å². The minimum atomic E-state index is -0.459. The predicted octanol–water partition coefficient (Wildman–Crippen LogP) is 1.34.